The van der Waals surface area contributed by atoms with Gasteiger partial charge in [-0.3, -0.25) is 0 Å². The van der Waals surface area contributed by atoms with E-state index in [1.165, 1.54) is 0 Å². The van der Waals surface area contributed by atoms with Gasteiger partial charge in [0.05, 0.1) is 18.9 Å². The second-order valence-electron chi connectivity index (χ2n) is 3.34. The predicted molar refractivity (Wildman–Crippen MR) is 57.6 cm³/mol. The van der Waals surface area contributed by atoms with E-state index >= 15 is 0 Å². The molecule has 0 fully saturated rings. The molecule has 0 aliphatic carbocycles. The molecule has 1 heterocycles. The quantitative estimate of drug-likeness (QED) is 0.814. The minimum absolute atomic E-state index is 0.322. The number of methoxy groups -OCH3 is 1. The first-order valence-electron chi connectivity index (χ1n) is 4.57. The molecular formula is C11H12N2O2. The minimum atomic E-state index is 0.322. The Morgan fingerprint density at radius 2 is 2.13 bits per heavy atom. The Labute approximate surface area is 87.6 Å². The molecule has 2 rings (SSSR count). The lowest BCUT2D eigenvalue weighted by Crippen LogP contribution is -1.88. The molecule has 0 aliphatic heterocycles. The van der Waals surface area contributed by atoms with Gasteiger partial charge in [0, 0.05) is 0 Å². The van der Waals surface area contributed by atoms with E-state index in [1.807, 2.05) is 25.1 Å². The van der Waals surface area contributed by atoms with Crippen LogP contribution < -0.4 is 10.5 Å². The molecule has 0 aliphatic rings. The van der Waals surface area contributed by atoms with E-state index in [-0.39, 0.29) is 0 Å². The van der Waals surface area contributed by atoms with Crippen molar-refractivity contribution >= 4 is 5.88 Å². The van der Waals surface area contributed by atoms with Gasteiger partial charge in [-0.2, -0.15) is 0 Å². The second kappa shape index (κ2) is 3.65. The van der Waals surface area contributed by atoms with Crippen molar-refractivity contribution in [3.8, 4) is 16.9 Å². The van der Waals surface area contributed by atoms with Crippen LogP contribution in [-0.4, -0.2) is 12.3 Å². The summed E-state index contributed by atoms with van der Waals surface area (Å²) >= 11 is 0. The fraction of sp³-hybridized carbons (Fsp3) is 0.182. The van der Waals surface area contributed by atoms with Crippen LogP contribution in [-0.2, 0) is 0 Å². The summed E-state index contributed by atoms with van der Waals surface area (Å²) < 4.78 is 10.0. The van der Waals surface area contributed by atoms with Gasteiger partial charge in [-0.25, -0.2) is 0 Å². The molecule has 15 heavy (non-hydrogen) atoms. The maximum atomic E-state index is 5.64. The number of aromatic nitrogens is 1. The molecule has 0 saturated heterocycles. The van der Waals surface area contributed by atoms with E-state index in [2.05, 4.69) is 5.16 Å². The van der Waals surface area contributed by atoms with Crippen LogP contribution in [0.5, 0.6) is 5.75 Å². The Kier molecular flexibility index (Phi) is 2.33. The molecular weight excluding hydrogens is 192 g/mol. The van der Waals surface area contributed by atoms with Gasteiger partial charge in [0.2, 0.25) is 5.88 Å². The summed E-state index contributed by atoms with van der Waals surface area (Å²) in [7, 11) is 1.63. The molecule has 2 aromatic rings. The van der Waals surface area contributed by atoms with Crippen molar-refractivity contribution < 1.29 is 9.26 Å². The number of aryl methyl sites for hydroxylation is 1. The number of nitrogens with zero attached hydrogens (tertiary/aromatic N) is 1. The van der Waals surface area contributed by atoms with Crippen molar-refractivity contribution in [2.45, 2.75) is 6.92 Å². The van der Waals surface area contributed by atoms with Crippen molar-refractivity contribution in [1.29, 1.82) is 0 Å². The van der Waals surface area contributed by atoms with Crippen molar-refractivity contribution in [2.24, 2.45) is 0 Å². The molecule has 1 aromatic heterocycles. The van der Waals surface area contributed by atoms with E-state index in [4.69, 9.17) is 15.0 Å². The van der Waals surface area contributed by atoms with Gasteiger partial charge < -0.3 is 15.0 Å². The molecule has 4 nitrogen and oxygen atoms in total. The predicted octanol–water partition coefficient (Wildman–Crippen LogP) is 2.24. The highest BCUT2D eigenvalue weighted by Gasteiger charge is 2.08. The first-order valence-corrected chi connectivity index (χ1v) is 4.57. The molecule has 78 valence electrons. The number of rotatable bonds is 2. The first-order chi connectivity index (χ1) is 7.20. The van der Waals surface area contributed by atoms with Gasteiger partial charge in [-0.1, -0.05) is 11.2 Å². The Morgan fingerprint density at radius 1 is 1.33 bits per heavy atom. The highest BCUT2D eigenvalue weighted by Crippen LogP contribution is 2.29. The smallest absolute Gasteiger partial charge is 0.229 e. The summed E-state index contributed by atoms with van der Waals surface area (Å²) in [5.74, 6) is 1.12. The van der Waals surface area contributed by atoms with Crippen LogP contribution in [0.25, 0.3) is 11.1 Å². The summed E-state index contributed by atoms with van der Waals surface area (Å²) in [4.78, 5) is 0. The second-order valence-corrected chi connectivity index (χ2v) is 3.34. The van der Waals surface area contributed by atoms with Crippen LogP contribution in [0.3, 0.4) is 0 Å². The van der Waals surface area contributed by atoms with Crippen molar-refractivity contribution in [1.82, 2.24) is 5.16 Å². The van der Waals surface area contributed by atoms with E-state index in [1.54, 1.807) is 13.3 Å². The van der Waals surface area contributed by atoms with Gasteiger partial charge in [0.1, 0.15) is 5.75 Å². The monoisotopic (exact) mass is 204 g/mol. The summed E-state index contributed by atoms with van der Waals surface area (Å²) in [6, 6.07) is 5.86. The lowest BCUT2D eigenvalue weighted by molar-refractivity contribution is 0.414. The SMILES string of the molecule is COc1cc(C)cc(-c2cnoc2N)c1. The fourth-order valence-corrected chi connectivity index (χ4v) is 1.49. The van der Waals surface area contributed by atoms with Crippen molar-refractivity contribution in [3.63, 3.8) is 0 Å². The van der Waals surface area contributed by atoms with E-state index in [0.29, 0.717) is 5.88 Å². The third-order valence-corrected chi connectivity index (χ3v) is 2.20. The third-order valence-electron chi connectivity index (χ3n) is 2.20. The summed E-state index contributed by atoms with van der Waals surface area (Å²) in [5, 5.41) is 3.64. The first kappa shape index (κ1) is 9.58. The lowest BCUT2D eigenvalue weighted by atomic mass is 10.1. The Morgan fingerprint density at radius 3 is 2.73 bits per heavy atom. The molecule has 0 atom stereocenters. The van der Waals surface area contributed by atoms with Gasteiger partial charge in [0.25, 0.3) is 0 Å². The summed E-state index contributed by atoms with van der Waals surface area (Å²) in [5.41, 5.74) is 8.48. The molecule has 2 N–H and O–H groups in total. The van der Waals surface area contributed by atoms with Crippen molar-refractivity contribution in [2.75, 3.05) is 12.8 Å². The maximum absolute atomic E-state index is 5.64. The summed E-state index contributed by atoms with van der Waals surface area (Å²) in [6.45, 7) is 2.00. The van der Waals surface area contributed by atoms with E-state index in [0.717, 1.165) is 22.4 Å². The van der Waals surface area contributed by atoms with Gasteiger partial charge >= 0.3 is 0 Å². The molecule has 0 unspecified atom stereocenters. The highest BCUT2D eigenvalue weighted by molar-refractivity contribution is 5.73. The van der Waals surface area contributed by atoms with Gasteiger partial charge in [0.15, 0.2) is 0 Å². The van der Waals surface area contributed by atoms with E-state index < -0.39 is 0 Å². The molecule has 4 heteroatoms. The Hall–Kier alpha value is -1.97. The number of ether oxygens (including phenoxy) is 1. The lowest BCUT2D eigenvalue weighted by Gasteiger charge is -2.05. The van der Waals surface area contributed by atoms with Crippen LogP contribution in [0.15, 0.2) is 28.9 Å². The average molecular weight is 204 g/mol. The van der Waals surface area contributed by atoms with Crippen LogP contribution in [0.4, 0.5) is 5.88 Å². The largest absolute Gasteiger partial charge is 0.497 e. The standard InChI is InChI=1S/C11H12N2O2/c1-7-3-8(5-9(4-7)14-2)10-6-13-15-11(10)12/h3-6H,12H2,1-2H3. The third kappa shape index (κ3) is 1.79. The Bertz CT molecular complexity index is 477. The maximum Gasteiger partial charge on any atom is 0.229 e. The number of nitrogens with two attached hydrogens (primary N) is 1. The van der Waals surface area contributed by atoms with Crippen LogP contribution in [0.2, 0.25) is 0 Å². The molecule has 0 spiro atoms. The number of nitrogen functional groups attached to an aromatic ring is 1. The normalized spacial score (nSPS) is 10.3. The zero-order chi connectivity index (χ0) is 10.8. The molecule has 0 amide bonds. The fourth-order valence-electron chi connectivity index (χ4n) is 1.49. The number of anilines is 1. The van der Waals surface area contributed by atoms with Gasteiger partial charge in [-0.05, 0) is 30.2 Å². The molecule has 0 bridgehead atoms. The van der Waals surface area contributed by atoms with Gasteiger partial charge in [-0.15, -0.1) is 0 Å². The zero-order valence-electron chi connectivity index (χ0n) is 8.65. The van der Waals surface area contributed by atoms with E-state index in [9.17, 15) is 0 Å². The molecule has 1 aromatic carbocycles. The number of benzene rings is 1. The number of hydrogen-bond donors (Lipinski definition) is 1. The Balaban J connectivity index is 2.53. The van der Waals surface area contributed by atoms with Crippen LogP contribution in [0, 0.1) is 6.92 Å². The molecule has 0 radical (unpaired) electrons. The van der Waals surface area contributed by atoms with Crippen LogP contribution in [0.1, 0.15) is 5.56 Å². The topological polar surface area (TPSA) is 61.3 Å². The summed E-state index contributed by atoms with van der Waals surface area (Å²) in [6.07, 6.45) is 1.60. The highest BCUT2D eigenvalue weighted by atomic mass is 16.5. The minimum Gasteiger partial charge on any atom is -0.497 e. The van der Waals surface area contributed by atoms with Crippen LogP contribution >= 0.6 is 0 Å². The average Bonchev–Trinajstić information content (AvgIpc) is 2.63. The van der Waals surface area contributed by atoms with Crippen molar-refractivity contribution in [3.05, 3.63) is 30.0 Å². The number of hydrogen-bond acceptors (Lipinski definition) is 4. The molecule has 0 saturated carbocycles. The zero-order valence-corrected chi connectivity index (χ0v) is 8.65.